The molecule has 0 radical (unpaired) electrons. The van der Waals surface area contributed by atoms with Gasteiger partial charge in [-0.2, -0.15) is 0 Å². The maximum atomic E-state index is 13.8. The molecule has 1 saturated heterocycles. The second-order valence-corrected chi connectivity index (χ2v) is 9.20. The highest BCUT2D eigenvalue weighted by atomic mass is 19.1. The Kier molecular flexibility index (Phi) is 3.75. The second kappa shape index (κ2) is 6.51. The monoisotopic (exact) mass is 444 g/mol. The molecule has 2 aromatic heterocycles. The normalized spacial score (nSPS) is 20.0. The van der Waals surface area contributed by atoms with E-state index in [2.05, 4.69) is 4.98 Å². The van der Waals surface area contributed by atoms with Gasteiger partial charge in [0.2, 0.25) is 0 Å². The number of ether oxygens (including phenoxy) is 1. The number of benzene rings is 2. The summed E-state index contributed by atoms with van der Waals surface area (Å²) >= 11 is 0. The zero-order chi connectivity index (χ0) is 22.4. The molecule has 0 spiro atoms. The zero-order valence-electron chi connectivity index (χ0n) is 18.0. The molecule has 1 unspecified atom stereocenters. The average molecular weight is 444 g/mol. The maximum absolute atomic E-state index is 13.8. The summed E-state index contributed by atoms with van der Waals surface area (Å²) in [7, 11) is 0. The molecule has 3 aliphatic rings. The molecular formula is C25H21FN4O3. The van der Waals surface area contributed by atoms with E-state index in [1.165, 1.54) is 12.1 Å². The summed E-state index contributed by atoms with van der Waals surface area (Å²) < 4.78 is 21.3. The molecule has 0 aliphatic carbocycles. The number of aromatic nitrogens is 3. The number of rotatable bonds is 1. The molecule has 8 heteroatoms. The van der Waals surface area contributed by atoms with Crippen molar-refractivity contribution in [3.63, 3.8) is 0 Å². The molecule has 1 atom stereocenters. The largest absolute Gasteiger partial charge is 0.381 e. The van der Waals surface area contributed by atoms with Crippen LogP contribution in [-0.4, -0.2) is 33.5 Å². The summed E-state index contributed by atoms with van der Waals surface area (Å²) in [5.74, 6) is 0.667. The highest BCUT2D eigenvalue weighted by Crippen LogP contribution is 2.47. The lowest BCUT2D eigenvalue weighted by molar-refractivity contribution is 0.0835. The van der Waals surface area contributed by atoms with Crippen molar-refractivity contribution < 1.29 is 13.9 Å². The number of imidazole rings is 1. The third-order valence-corrected chi connectivity index (χ3v) is 7.37. The molecule has 3 aliphatic heterocycles. The van der Waals surface area contributed by atoms with E-state index in [1.54, 1.807) is 17.0 Å². The van der Waals surface area contributed by atoms with Crippen LogP contribution in [0, 0.1) is 12.7 Å². The highest BCUT2D eigenvalue weighted by Gasteiger charge is 2.43. The minimum absolute atomic E-state index is 0.116. The van der Waals surface area contributed by atoms with Gasteiger partial charge in [-0.3, -0.25) is 14.0 Å². The van der Waals surface area contributed by atoms with Crippen LogP contribution in [0.15, 0.2) is 35.1 Å². The first-order valence-electron chi connectivity index (χ1n) is 11.3. The lowest BCUT2D eigenvalue weighted by Gasteiger charge is -2.21. The van der Waals surface area contributed by atoms with Gasteiger partial charge in [0, 0.05) is 30.4 Å². The topological polar surface area (TPSA) is 79.7 Å². The Morgan fingerprint density at radius 3 is 2.79 bits per heavy atom. The molecule has 7 nitrogen and oxygen atoms in total. The average Bonchev–Trinajstić information content (AvgIpc) is 3.44. The summed E-state index contributed by atoms with van der Waals surface area (Å²) in [5.41, 5.74) is 5.57. The number of carbonyl (C=O) groups is 1. The van der Waals surface area contributed by atoms with Crippen LogP contribution in [0.3, 0.4) is 0 Å². The summed E-state index contributed by atoms with van der Waals surface area (Å²) in [4.78, 5) is 35.9. The smallest absolute Gasteiger partial charge is 0.274 e. The van der Waals surface area contributed by atoms with Crippen molar-refractivity contribution in [1.29, 1.82) is 0 Å². The third-order valence-electron chi connectivity index (χ3n) is 7.37. The Hall–Kier alpha value is -3.52. The van der Waals surface area contributed by atoms with E-state index in [-0.39, 0.29) is 29.2 Å². The van der Waals surface area contributed by atoms with E-state index in [9.17, 15) is 14.0 Å². The van der Waals surface area contributed by atoms with Gasteiger partial charge in [-0.1, -0.05) is 0 Å². The number of carbonyl (C=O) groups excluding carboxylic acids is 1. The van der Waals surface area contributed by atoms with Crippen molar-refractivity contribution in [3.05, 3.63) is 74.7 Å². The Labute approximate surface area is 187 Å². The van der Waals surface area contributed by atoms with E-state index >= 15 is 0 Å². The lowest BCUT2D eigenvalue weighted by Crippen LogP contribution is -2.23. The third kappa shape index (κ3) is 2.49. The molecule has 1 N–H and O–H groups in total. The van der Waals surface area contributed by atoms with Gasteiger partial charge in [0.05, 0.1) is 22.8 Å². The van der Waals surface area contributed by atoms with Gasteiger partial charge in [-0.25, -0.2) is 9.37 Å². The van der Waals surface area contributed by atoms with Crippen LogP contribution in [0.1, 0.15) is 57.8 Å². The number of amides is 1. The van der Waals surface area contributed by atoms with E-state index < -0.39 is 0 Å². The molecule has 33 heavy (non-hydrogen) atoms. The highest BCUT2D eigenvalue weighted by molar-refractivity contribution is 6.14. The van der Waals surface area contributed by atoms with E-state index in [4.69, 9.17) is 9.72 Å². The fraction of sp³-hybridized carbons (Fsp3) is 0.320. The number of fused-ring (bicyclic) bond motifs is 8. The first kappa shape index (κ1) is 19.0. The summed E-state index contributed by atoms with van der Waals surface area (Å²) in [6.07, 6.45) is 2.28. The first-order valence-corrected chi connectivity index (χ1v) is 11.3. The molecule has 0 bridgehead atoms. The van der Waals surface area contributed by atoms with Gasteiger partial charge < -0.3 is 14.6 Å². The number of halogens is 1. The molecule has 2 aromatic carbocycles. The van der Waals surface area contributed by atoms with Crippen LogP contribution in [0.25, 0.3) is 16.6 Å². The van der Waals surface area contributed by atoms with Crippen LogP contribution in [0.2, 0.25) is 0 Å². The van der Waals surface area contributed by atoms with Crippen LogP contribution < -0.4 is 10.5 Å². The summed E-state index contributed by atoms with van der Waals surface area (Å²) in [6, 6.07) is 8.22. The van der Waals surface area contributed by atoms with Gasteiger partial charge >= 0.3 is 0 Å². The lowest BCUT2D eigenvalue weighted by atomic mass is 9.98. The number of hydrogen-bond acceptors (Lipinski definition) is 4. The van der Waals surface area contributed by atoms with Gasteiger partial charge in [0.15, 0.2) is 0 Å². The Morgan fingerprint density at radius 1 is 1.15 bits per heavy atom. The number of aryl methyl sites for hydroxylation is 1. The van der Waals surface area contributed by atoms with Crippen molar-refractivity contribution in [2.24, 2.45) is 0 Å². The molecule has 1 fully saturated rings. The van der Waals surface area contributed by atoms with Gasteiger partial charge in [-0.05, 0) is 67.6 Å². The van der Waals surface area contributed by atoms with Crippen LogP contribution in [-0.2, 0) is 11.2 Å². The predicted molar refractivity (Wildman–Crippen MR) is 121 cm³/mol. The predicted octanol–water partition coefficient (Wildman–Crippen LogP) is 3.77. The van der Waals surface area contributed by atoms with Crippen LogP contribution in [0.4, 0.5) is 10.1 Å². The minimum Gasteiger partial charge on any atom is -0.381 e. The number of nitrogens with one attached hydrogen (secondary N) is 1. The minimum atomic E-state index is -0.296. The standard InChI is InChI=1S/C25H21FN4O3/c1-12-22-24(31)28-18-10-17-16(11-21(18)30(22)23(27-12)13-4-6-33-7-5-13)20-9-14-8-15(26)2-3-19(14)29(20)25(17)32/h2-3,8,10-11,13,20H,4-7,9H2,1H3,(H,28,31). The molecular weight excluding hydrogens is 423 g/mol. The van der Waals surface area contributed by atoms with Crippen molar-refractivity contribution in [2.75, 3.05) is 18.1 Å². The molecule has 166 valence electrons. The van der Waals surface area contributed by atoms with E-state index in [0.717, 1.165) is 41.0 Å². The van der Waals surface area contributed by atoms with Crippen molar-refractivity contribution in [2.45, 2.75) is 38.1 Å². The Morgan fingerprint density at radius 2 is 1.97 bits per heavy atom. The first-order chi connectivity index (χ1) is 16.0. The second-order valence-electron chi connectivity index (χ2n) is 9.20. The molecule has 7 rings (SSSR count). The van der Waals surface area contributed by atoms with Crippen molar-refractivity contribution >= 4 is 28.1 Å². The fourth-order valence-corrected chi connectivity index (χ4v) is 5.87. The quantitative estimate of drug-likeness (QED) is 0.485. The van der Waals surface area contributed by atoms with Gasteiger partial charge in [0.1, 0.15) is 17.2 Å². The maximum Gasteiger partial charge on any atom is 0.274 e. The molecule has 0 saturated carbocycles. The summed E-state index contributed by atoms with van der Waals surface area (Å²) in [5, 5.41) is 0. The molecule has 1 amide bonds. The SMILES string of the molecule is Cc1nc(C2CCOCC2)n2c1c(=O)[nH]c1cc3c(cc12)C1Cc2cc(F)ccc2N1C3=O. The zero-order valence-corrected chi connectivity index (χ0v) is 18.0. The van der Waals surface area contributed by atoms with E-state index in [1.807, 2.05) is 17.4 Å². The number of aromatic amines is 1. The van der Waals surface area contributed by atoms with Crippen LogP contribution in [0.5, 0.6) is 0 Å². The number of nitrogens with zero attached hydrogens (tertiary/aromatic N) is 3. The van der Waals surface area contributed by atoms with Crippen molar-refractivity contribution in [1.82, 2.24) is 14.4 Å². The Balaban J connectivity index is 1.48. The molecule has 5 heterocycles. The summed E-state index contributed by atoms with van der Waals surface area (Å²) in [6.45, 7) is 3.21. The molecule has 4 aromatic rings. The van der Waals surface area contributed by atoms with E-state index in [0.29, 0.717) is 41.9 Å². The van der Waals surface area contributed by atoms with Gasteiger partial charge in [-0.15, -0.1) is 0 Å². The Bertz CT molecular complexity index is 1560. The number of anilines is 1. The van der Waals surface area contributed by atoms with Crippen LogP contribution >= 0.6 is 0 Å². The fourth-order valence-electron chi connectivity index (χ4n) is 5.87. The number of hydrogen-bond donors (Lipinski definition) is 1. The van der Waals surface area contributed by atoms with Crippen molar-refractivity contribution in [3.8, 4) is 0 Å². The van der Waals surface area contributed by atoms with Gasteiger partial charge in [0.25, 0.3) is 11.5 Å². The number of H-pyrrole nitrogens is 1.